The topological polar surface area (TPSA) is 107 Å². The number of nitrogens with one attached hydrogen (secondary N) is 1. The van der Waals surface area contributed by atoms with Crippen molar-refractivity contribution in [3.05, 3.63) is 63.7 Å². The highest BCUT2D eigenvalue weighted by atomic mass is 127. The molecule has 160 valence electrons. The second-order valence-corrected chi connectivity index (χ2v) is 9.99. The first-order chi connectivity index (χ1) is 14.3. The number of carbonyl (C=O) groups is 2. The predicted octanol–water partition coefficient (Wildman–Crippen LogP) is 1.37. The van der Waals surface area contributed by atoms with E-state index in [1.165, 1.54) is 17.0 Å². The third kappa shape index (κ3) is 5.36. The van der Waals surface area contributed by atoms with Crippen molar-refractivity contribution >= 4 is 44.5 Å². The molecular weight excluding hydrogens is 521 g/mol. The largest absolute Gasteiger partial charge is 0.480 e. The van der Waals surface area contributed by atoms with Gasteiger partial charge in [-0.15, -0.1) is 0 Å². The molecule has 0 bridgehead atoms. The number of carboxylic acids is 1. The van der Waals surface area contributed by atoms with Crippen LogP contribution in [0.15, 0.2) is 59.5 Å². The van der Waals surface area contributed by atoms with Crippen molar-refractivity contribution in [1.29, 1.82) is 0 Å². The molecule has 1 atom stereocenters. The highest BCUT2D eigenvalue weighted by Crippen LogP contribution is 2.22. The Balaban J connectivity index is 1.65. The minimum absolute atomic E-state index is 0.0403. The highest BCUT2D eigenvalue weighted by Gasteiger charge is 2.41. The van der Waals surface area contributed by atoms with Crippen molar-refractivity contribution in [3.8, 4) is 0 Å². The van der Waals surface area contributed by atoms with Gasteiger partial charge in [0, 0.05) is 29.7 Å². The smallest absolute Gasteiger partial charge is 0.323 e. The molecule has 0 saturated carbocycles. The zero-order valence-corrected chi connectivity index (χ0v) is 19.0. The van der Waals surface area contributed by atoms with Crippen LogP contribution in [0.25, 0.3) is 0 Å². The molecule has 1 fully saturated rings. The van der Waals surface area contributed by atoms with E-state index in [9.17, 15) is 23.1 Å². The van der Waals surface area contributed by atoms with Crippen LogP contribution < -0.4 is 5.32 Å². The van der Waals surface area contributed by atoms with Crippen LogP contribution in [0.5, 0.6) is 0 Å². The van der Waals surface area contributed by atoms with Gasteiger partial charge in [0.1, 0.15) is 6.04 Å². The second-order valence-electron chi connectivity index (χ2n) is 6.85. The van der Waals surface area contributed by atoms with Crippen LogP contribution in [0.1, 0.15) is 5.56 Å². The number of hydrogen-bond acceptors (Lipinski definition) is 5. The number of carbonyl (C=O) groups excluding carboxylic acids is 1. The molecule has 0 aliphatic carbocycles. The number of piperazine rings is 1. The average molecular weight is 543 g/mol. The molecule has 1 amide bonds. The fourth-order valence-electron chi connectivity index (χ4n) is 3.25. The molecule has 2 aromatic rings. The molecule has 2 aromatic carbocycles. The van der Waals surface area contributed by atoms with E-state index in [0.717, 1.165) is 13.4 Å². The van der Waals surface area contributed by atoms with Crippen LogP contribution >= 0.6 is 22.6 Å². The Hall–Kier alpha value is -2.02. The zero-order chi connectivity index (χ0) is 21.7. The van der Waals surface area contributed by atoms with Gasteiger partial charge in [-0.3, -0.25) is 9.59 Å². The molecule has 0 radical (unpaired) electrons. The second kappa shape index (κ2) is 9.86. The fourth-order valence-corrected chi connectivity index (χ4v) is 5.17. The molecule has 1 aliphatic heterocycles. The zero-order valence-electron chi connectivity index (χ0n) is 16.1. The minimum Gasteiger partial charge on any atom is -0.480 e. The van der Waals surface area contributed by atoms with Crippen molar-refractivity contribution < 1.29 is 23.1 Å². The van der Waals surface area contributed by atoms with Crippen LogP contribution in [0, 0.1) is 3.57 Å². The van der Waals surface area contributed by atoms with Crippen molar-refractivity contribution in [2.75, 3.05) is 26.2 Å². The summed E-state index contributed by atoms with van der Waals surface area (Å²) < 4.78 is 27.8. The molecule has 1 saturated heterocycles. The van der Waals surface area contributed by atoms with Crippen LogP contribution in [-0.2, 0) is 26.2 Å². The van der Waals surface area contributed by atoms with E-state index in [2.05, 4.69) is 27.9 Å². The SMILES string of the molecule is O=C(O)C1CN(C(=O)CNCc2ccccc2)CCN1S(=O)(=O)c1ccc(I)cc1. The van der Waals surface area contributed by atoms with Gasteiger partial charge in [-0.25, -0.2) is 8.42 Å². The number of sulfonamides is 1. The summed E-state index contributed by atoms with van der Waals surface area (Å²) in [6, 6.07) is 14.5. The van der Waals surface area contributed by atoms with Gasteiger partial charge < -0.3 is 15.3 Å². The number of aliphatic carboxylic acids is 1. The van der Waals surface area contributed by atoms with Gasteiger partial charge in [0.25, 0.3) is 0 Å². The molecule has 1 unspecified atom stereocenters. The van der Waals surface area contributed by atoms with Crippen LogP contribution in [-0.4, -0.2) is 66.8 Å². The molecule has 0 spiro atoms. The van der Waals surface area contributed by atoms with Crippen LogP contribution in [0.4, 0.5) is 0 Å². The number of carboxylic acid groups (broad SMARTS) is 1. The minimum atomic E-state index is -3.98. The molecule has 3 rings (SSSR count). The Kier molecular flexibility index (Phi) is 7.45. The van der Waals surface area contributed by atoms with E-state index in [4.69, 9.17) is 0 Å². The first kappa shape index (κ1) is 22.7. The Morgan fingerprint density at radius 2 is 1.73 bits per heavy atom. The maximum atomic E-state index is 13.0. The molecule has 0 aromatic heterocycles. The molecule has 1 heterocycles. The van der Waals surface area contributed by atoms with Gasteiger partial charge in [0.2, 0.25) is 15.9 Å². The number of rotatable bonds is 7. The van der Waals surface area contributed by atoms with E-state index in [1.807, 2.05) is 30.3 Å². The van der Waals surface area contributed by atoms with Crippen molar-refractivity contribution in [3.63, 3.8) is 0 Å². The predicted molar refractivity (Wildman–Crippen MR) is 119 cm³/mol. The summed E-state index contributed by atoms with van der Waals surface area (Å²) in [4.78, 5) is 25.8. The summed E-state index contributed by atoms with van der Waals surface area (Å²) in [5.74, 6) is -1.54. The lowest BCUT2D eigenvalue weighted by atomic mass is 10.2. The Morgan fingerprint density at radius 1 is 1.07 bits per heavy atom. The molecule has 8 nitrogen and oxygen atoms in total. The summed E-state index contributed by atoms with van der Waals surface area (Å²) in [5.41, 5.74) is 1.03. The summed E-state index contributed by atoms with van der Waals surface area (Å²) in [5, 5.41) is 12.7. The molecule has 10 heteroatoms. The van der Waals surface area contributed by atoms with Gasteiger partial charge in [0.05, 0.1) is 11.4 Å². The van der Waals surface area contributed by atoms with E-state index in [0.29, 0.717) is 6.54 Å². The maximum Gasteiger partial charge on any atom is 0.323 e. The monoisotopic (exact) mass is 543 g/mol. The molecule has 30 heavy (non-hydrogen) atoms. The third-order valence-corrected chi connectivity index (χ3v) is 7.48. The van der Waals surface area contributed by atoms with Crippen molar-refractivity contribution in [2.45, 2.75) is 17.5 Å². The van der Waals surface area contributed by atoms with Gasteiger partial charge in [-0.1, -0.05) is 30.3 Å². The van der Waals surface area contributed by atoms with E-state index < -0.39 is 22.0 Å². The van der Waals surface area contributed by atoms with Gasteiger partial charge in [-0.2, -0.15) is 4.31 Å². The van der Waals surface area contributed by atoms with E-state index in [-0.39, 0.29) is 37.0 Å². The normalized spacial score (nSPS) is 17.6. The maximum absolute atomic E-state index is 13.0. The number of amides is 1. The van der Waals surface area contributed by atoms with Gasteiger partial charge in [-0.05, 0) is 52.4 Å². The first-order valence-electron chi connectivity index (χ1n) is 9.31. The van der Waals surface area contributed by atoms with Crippen molar-refractivity contribution in [2.24, 2.45) is 0 Å². The molecular formula is C20H22IN3O5S. The van der Waals surface area contributed by atoms with Crippen molar-refractivity contribution in [1.82, 2.24) is 14.5 Å². The third-order valence-electron chi connectivity index (χ3n) is 4.84. The standard InChI is InChI=1S/C20H22IN3O5S/c21-16-6-8-17(9-7-16)30(28,29)24-11-10-23(14-18(24)20(26)27)19(25)13-22-12-15-4-2-1-3-5-15/h1-9,18,22H,10-14H2,(H,26,27). The van der Waals surface area contributed by atoms with Gasteiger partial charge >= 0.3 is 5.97 Å². The lowest BCUT2D eigenvalue weighted by molar-refractivity contribution is -0.145. The summed E-state index contributed by atoms with van der Waals surface area (Å²) in [7, 11) is -3.98. The quantitative estimate of drug-likeness (QED) is 0.512. The summed E-state index contributed by atoms with van der Waals surface area (Å²) in [6.45, 7) is 0.431. The van der Waals surface area contributed by atoms with Crippen LogP contribution in [0.3, 0.4) is 0 Å². The number of hydrogen-bond donors (Lipinski definition) is 2. The lowest BCUT2D eigenvalue weighted by Gasteiger charge is -2.38. The summed E-state index contributed by atoms with van der Waals surface area (Å²) in [6.07, 6.45) is 0. The summed E-state index contributed by atoms with van der Waals surface area (Å²) >= 11 is 2.07. The highest BCUT2D eigenvalue weighted by molar-refractivity contribution is 14.1. The average Bonchev–Trinajstić information content (AvgIpc) is 2.74. The number of benzene rings is 2. The first-order valence-corrected chi connectivity index (χ1v) is 11.8. The number of halogens is 1. The fraction of sp³-hybridized carbons (Fsp3) is 0.300. The number of nitrogens with zero attached hydrogens (tertiary/aromatic N) is 2. The Morgan fingerprint density at radius 3 is 2.37 bits per heavy atom. The van der Waals surface area contributed by atoms with E-state index >= 15 is 0 Å². The van der Waals surface area contributed by atoms with Gasteiger partial charge in [0.15, 0.2) is 0 Å². The van der Waals surface area contributed by atoms with E-state index in [1.54, 1.807) is 12.1 Å². The Bertz CT molecular complexity index is 999. The van der Waals surface area contributed by atoms with Crippen LogP contribution in [0.2, 0.25) is 0 Å². The lowest BCUT2D eigenvalue weighted by Crippen LogP contribution is -2.60. The Labute approximate surface area is 189 Å². The molecule has 2 N–H and O–H groups in total. The molecule has 1 aliphatic rings.